The van der Waals surface area contributed by atoms with Crippen molar-refractivity contribution in [3.8, 4) is 0 Å². The summed E-state index contributed by atoms with van der Waals surface area (Å²) in [4.78, 5) is 0. The van der Waals surface area contributed by atoms with Crippen LogP contribution in [0.3, 0.4) is 0 Å². The van der Waals surface area contributed by atoms with Gasteiger partial charge < -0.3 is 17.3 Å². The van der Waals surface area contributed by atoms with E-state index in [9.17, 15) is 17.3 Å². The van der Waals surface area contributed by atoms with Crippen LogP contribution in [-0.4, -0.2) is 18.6 Å². The van der Waals surface area contributed by atoms with E-state index >= 15 is 0 Å². The van der Waals surface area contributed by atoms with Crippen LogP contribution >= 0.6 is 8.58 Å². The number of rotatable bonds is 2. The fraction of sp³-hybridized carbons (Fsp3) is 1.00. The summed E-state index contributed by atoms with van der Waals surface area (Å²) in [6.45, 7) is 0. The first kappa shape index (κ1) is 20.1. The molecule has 0 N–H and O–H groups in total. The third-order valence-electron chi connectivity index (χ3n) is 3.68. The summed E-state index contributed by atoms with van der Waals surface area (Å²) in [5.74, 6) is 0. The molecular formula is C12H23BCdF4P-. The SMILES string of the molecule is C1CCC(PC2CCCCC2)CC1.F[B-](F)(F)F.[Cd]. The van der Waals surface area contributed by atoms with E-state index in [1.165, 1.54) is 47.1 Å². The molecule has 0 aromatic carbocycles. The van der Waals surface area contributed by atoms with Crippen molar-refractivity contribution in [2.75, 3.05) is 0 Å². The Morgan fingerprint density at radius 3 is 1.16 bits per heavy atom. The molecule has 0 atom stereocenters. The van der Waals surface area contributed by atoms with Crippen molar-refractivity contribution in [1.82, 2.24) is 0 Å². The van der Waals surface area contributed by atoms with Crippen molar-refractivity contribution in [2.24, 2.45) is 0 Å². The van der Waals surface area contributed by atoms with Gasteiger partial charge in [0.15, 0.2) is 0 Å². The van der Waals surface area contributed by atoms with Crippen molar-refractivity contribution in [3.05, 3.63) is 0 Å². The number of hydrogen-bond acceptors (Lipinski definition) is 0. The van der Waals surface area contributed by atoms with Gasteiger partial charge in [-0.1, -0.05) is 38.5 Å². The average Bonchev–Trinajstić information content (AvgIpc) is 2.29. The second kappa shape index (κ2) is 10.8. The summed E-state index contributed by atoms with van der Waals surface area (Å²) in [5.41, 5.74) is 2.30. The van der Waals surface area contributed by atoms with Gasteiger partial charge in [0, 0.05) is 27.3 Å². The summed E-state index contributed by atoms with van der Waals surface area (Å²) >= 11 is 0. The Morgan fingerprint density at radius 2 is 0.895 bits per heavy atom. The second-order valence-corrected chi connectivity index (χ2v) is 7.30. The molecule has 0 unspecified atom stereocenters. The largest absolute Gasteiger partial charge is 0.673 e. The van der Waals surface area contributed by atoms with Gasteiger partial charge in [0.2, 0.25) is 0 Å². The first-order chi connectivity index (χ1) is 8.45. The zero-order valence-corrected chi connectivity index (χ0v) is 16.6. The monoisotopic (exact) mass is 399 g/mol. The number of hydrogen-bond donors (Lipinski definition) is 0. The molecule has 2 fully saturated rings. The first-order valence-electron chi connectivity index (χ1n) is 7.08. The molecule has 2 rings (SSSR count). The van der Waals surface area contributed by atoms with Crippen molar-refractivity contribution in [2.45, 2.75) is 75.5 Å². The Labute approximate surface area is 135 Å². The summed E-state index contributed by atoms with van der Waals surface area (Å²) < 4.78 is 39.0. The molecule has 110 valence electrons. The van der Waals surface area contributed by atoms with E-state index in [0.29, 0.717) is 0 Å². The van der Waals surface area contributed by atoms with Gasteiger partial charge in [0.1, 0.15) is 0 Å². The van der Waals surface area contributed by atoms with Crippen LogP contribution in [0.5, 0.6) is 0 Å². The molecule has 0 radical (unpaired) electrons. The summed E-state index contributed by atoms with van der Waals surface area (Å²) in [7, 11) is -4.67. The fourth-order valence-corrected chi connectivity index (χ4v) is 5.02. The van der Waals surface area contributed by atoms with E-state index in [-0.39, 0.29) is 27.3 Å². The van der Waals surface area contributed by atoms with Gasteiger partial charge in [-0.25, -0.2) is 0 Å². The third-order valence-corrected chi connectivity index (χ3v) is 5.78. The molecule has 0 bridgehead atoms. The van der Waals surface area contributed by atoms with E-state index in [2.05, 4.69) is 0 Å². The minimum Gasteiger partial charge on any atom is -0.418 e. The summed E-state index contributed by atoms with van der Waals surface area (Å²) in [5, 5.41) is 0. The van der Waals surface area contributed by atoms with E-state index in [1.807, 2.05) is 0 Å². The molecule has 0 aromatic heterocycles. The molecule has 0 spiro atoms. The van der Waals surface area contributed by atoms with Crippen LogP contribution in [0, 0.1) is 0 Å². The van der Waals surface area contributed by atoms with Gasteiger partial charge in [0.05, 0.1) is 0 Å². The minimum atomic E-state index is -6.00. The van der Waals surface area contributed by atoms with Crippen molar-refractivity contribution in [1.29, 1.82) is 0 Å². The Kier molecular flexibility index (Phi) is 11.5. The second-order valence-electron chi connectivity index (χ2n) is 5.33. The predicted molar refractivity (Wildman–Crippen MR) is 72.2 cm³/mol. The maximum atomic E-state index is 9.75. The molecule has 0 aliphatic heterocycles. The quantitative estimate of drug-likeness (QED) is 0.322. The Hall–Kier alpha value is 1.14. The molecular weight excluding hydrogens is 374 g/mol. The van der Waals surface area contributed by atoms with E-state index in [1.54, 1.807) is 25.7 Å². The van der Waals surface area contributed by atoms with E-state index < -0.39 is 7.25 Å². The maximum Gasteiger partial charge on any atom is 0.673 e. The topological polar surface area (TPSA) is 0 Å². The Bertz CT molecular complexity index is 194. The molecule has 2 saturated carbocycles. The predicted octanol–water partition coefficient (Wildman–Crippen LogP) is 5.63. The smallest absolute Gasteiger partial charge is 0.418 e. The van der Waals surface area contributed by atoms with Crippen LogP contribution in [-0.2, 0) is 27.3 Å². The normalized spacial score (nSPS) is 22.1. The fourth-order valence-electron chi connectivity index (χ4n) is 2.87. The molecule has 7 heteroatoms. The van der Waals surface area contributed by atoms with Crippen LogP contribution in [0.25, 0.3) is 0 Å². The number of halogens is 4. The van der Waals surface area contributed by atoms with Crippen LogP contribution in [0.1, 0.15) is 64.2 Å². The van der Waals surface area contributed by atoms with Gasteiger partial charge >= 0.3 is 7.25 Å². The van der Waals surface area contributed by atoms with E-state index in [0.717, 1.165) is 11.3 Å². The average molecular weight is 398 g/mol. The molecule has 2 aliphatic rings. The maximum absolute atomic E-state index is 9.75. The zero-order valence-electron chi connectivity index (χ0n) is 11.5. The van der Waals surface area contributed by atoms with Crippen LogP contribution in [0.2, 0.25) is 0 Å². The Balaban J connectivity index is 0.000000471. The third kappa shape index (κ3) is 12.6. The van der Waals surface area contributed by atoms with E-state index in [4.69, 9.17) is 0 Å². The van der Waals surface area contributed by atoms with Gasteiger partial charge in [0.25, 0.3) is 0 Å². The first-order valence-corrected chi connectivity index (χ1v) is 8.24. The molecule has 0 aromatic rings. The minimum absolute atomic E-state index is 0. The van der Waals surface area contributed by atoms with Crippen molar-refractivity contribution < 1.29 is 44.6 Å². The standard InChI is InChI=1S/C12H23P.BF4.Cd/c1-3-7-11(8-4-1)13-12-9-5-2-6-10-12;2-1(3,4)5;/h11-13H,1-10H2;;/q;-1;. The molecule has 0 heterocycles. The van der Waals surface area contributed by atoms with Crippen LogP contribution in [0.4, 0.5) is 17.3 Å². The van der Waals surface area contributed by atoms with Gasteiger partial charge in [-0.15, -0.1) is 8.58 Å². The molecule has 0 saturated heterocycles. The van der Waals surface area contributed by atoms with Crippen LogP contribution in [0.15, 0.2) is 0 Å². The van der Waals surface area contributed by atoms with Gasteiger partial charge in [-0.3, -0.25) is 0 Å². The van der Waals surface area contributed by atoms with Crippen molar-refractivity contribution >= 4 is 15.8 Å². The molecule has 0 amide bonds. The zero-order chi connectivity index (χ0) is 13.4. The summed E-state index contributed by atoms with van der Waals surface area (Å²) in [6, 6.07) is 0. The molecule has 19 heavy (non-hydrogen) atoms. The van der Waals surface area contributed by atoms with Gasteiger partial charge in [-0.05, 0) is 37.0 Å². The molecule has 0 nitrogen and oxygen atoms in total. The summed E-state index contributed by atoms with van der Waals surface area (Å²) in [6.07, 6.45) is 15.4. The van der Waals surface area contributed by atoms with Crippen LogP contribution < -0.4 is 0 Å². The van der Waals surface area contributed by atoms with Gasteiger partial charge in [-0.2, -0.15) is 0 Å². The molecule has 2 aliphatic carbocycles. The Morgan fingerprint density at radius 1 is 0.632 bits per heavy atom. The van der Waals surface area contributed by atoms with Crippen molar-refractivity contribution in [3.63, 3.8) is 0 Å².